The van der Waals surface area contributed by atoms with Crippen molar-refractivity contribution in [2.45, 2.75) is 25.9 Å². The first-order chi connectivity index (χ1) is 12.3. The zero-order valence-electron chi connectivity index (χ0n) is 14.0. The normalized spacial score (nSPS) is 16.8. The number of anilines is 1. The van der Waals surface area contributed by atoms with Crippen LogP contribution in [0.15, 0.2) is 36.4 Å². The summed E-state index contributed by atoms with van der Waals surface area (Å²) in [5.74, 6) is -2.45. The van der Waals surface area contributed by atoms with E-state index in [0.29, 0.717) is 31.6 Å². The molecule has 8 heteroatoms. The Balaban J connectivity index is 1.71. The van der Waals surface area contributed by atoms with Gasteiger partial charge in [-0.1, -0.05) is 29.8 Å². The van der Waals surface area contributed by atoms with E-state index in [4.69, 9.17) is 0 Å². The van der Waals surface area contributed by atoms with Crippen LogP contribution in [0.3, 0.4) is 0 Å². The van der Waals surface area contributed by atoms with E-state index in [9.17, 15) is 23.7 Å². The van der Waals surface area contributed by atoms with Crippen molar-refractivity contribution in [1.29, 1.82) is 0 Å². The van der Waals surface area contributed by atoms with Gasteiger partial charge in [-0.05, 0) is 18.9 Å². The quantitative estimate of drug-likeness (QED) is 0.654. The molecule has 1 unspecified atom stereocenters. The Kier molecular flexibility index (Phi) is 4.83. The first-order valence-corrected chi connectivity index (χ1v) is 8.09. The summed E-state index contributed by atoms with van der Waals surface area (Å²) in [6, 6.07) is 8.26. The maximum absolute atomic E-state index is 14.0. The van der Waals surface area contributed by atoms with Crippen molar-refractivity contribution in [3.63, 3.8) is 0 Å². The molecule has 26 heavy (non-hydrogen) atoms. The average molecular weight is 361 g/mol. The second-order valence-electron chi connectivity index (χ2n) is 6.27. The molecule has 1 amide bonds. The molecule has 0 aliphatic carbocycles. The molecular formula is C18H17F2N3O3. The maximum Gasteiger partial charge on any atom is 0.275 e. The number of nitro benzene ring substituents is 1. The minimum absolute atomic E-state index is 0.261. The van der Waals surface area contributed by atoms with Crippen LogP contribution >= 0.6 is 0 Å². The number of hydrogen-bond donors (Lipinski definition) is 1. The number of nitrogens with zero attached hydrogens (tertiary/aromatic N) is 2. The van der Waals surface area contributed by atoms with Crippen molar-refractivity contribution in [2.24, 2.45) is 0 Å². The van der Waals surface area contributed by atoms with E-state index in [0.717, 1.165) is 11.1 Å². The van der Waals surface area contributed by atoms with Gasteiger partial charge in [0.05, 0.1) is 17.1 Å². The second-order valence-corrected chi connectivity index (χ2v) is 6.27. The van der Waals surface area contributed by atoms with E-state index in [2.05, 4.69) is 5.32 Å². The van der Waals surface area contributed by atoms with E-state index in [-0.39, 0.29) is 5.91 Å². The predicted octanol–water partition coefficient (Wildman–Crippen LogP) is 3.39. The molecule has 1 N–H and O–H groups in total. The number of non-ortho nitro benzene ring substituents is 1. The van der Waals surface area contributed by atoms with Crippen molar-refractivity contribution in [3.05, 3.63) is 69.3 Å². The SMILES string of the molecule is Cc1ccc(CN2CCC(Nc3c(F)cc([N+](=O)[O-])cc3F)C2=O)cc1. The van der Waals surface area contributed by atoms with Gasteiger partial charge in [0.1, 0.15) is 11.7 Å². The number of likely N-dealkylation sites (tertiary alicyclic amines) is 1. The molecule has 1 atom stereocenters. The van der Waals surface area contributed by atoms with Gasteiger partial charge in [-0.15, -0.1) is 0 Å². The Bertz CT molecular complexity index is 832. The van der Waals surface area contributed by atoms with Crippen LogP contribution in [0.2, 0.25) is 0 Å². The molecule has 0 bridgehead atoms. The number of carbonyl (C=O) groups is 1. The molecule has 1 heterocycles. The topological polar surface area (TPSA) is 75.5 Å². The van der Waals surface area contributed by atoms with E-state index < -0.39 is 34.0 Å². The van der Waals surface area contributed by atoms with Crippen LogP contribution in [-0.2, 0) is 11.3 Å². The van der Waals surface area contributed by atoms with E-state index in [1.54, 1.807) is 4.90 Å². The zero-order chi connectivity index (χ0) is 18.8. The third-order valence-electron chi connectivity index (χ3n) is 4.35. The Hall–Kier alpha value is -3.03. The monoisotopic (exact) mass is 361 g/mol. The summed E-state index contributed by atoms with van der Waals surface area (Å²) in [4.78, 5) is 23.9. The van der Waals surface area contributed by atoms with Crippen molar-refractivity contribution < 1.29 is 18.5 Å². The van der Waals surface area contributed by atoms with Gasteiger partial charge < -0.3 is 10.2 Å². The lowest BCUT2D eigenvalue weighted by Crippen LogP contribution is -2.33. The molecule has 2 aromatic carbocycles. The van der Waals surface area contributed by atoms with Gasteiger partial charge in [0, 0.05) is 13.1 Å². The van der Waals surface area contributed by atoms with Crippen LogP contribution in [0.1, 0.15) is 17.5 Å². The highest BCUT2D eigenvalue weighted by molar-refractivity contribution is 5.86. The van der Waals surface area contributed by atoms with E-state index in [1.165, 1.54) is 0 Å². The predicted molar refractivity (Wildman–Crippen MR) is 91.6 cm³/mol. The Morgan fingerprint density at radius 1 is 1.23 bits per heavy atom. The summed E-state index contributed by atoms with van der Waals surface area (Å²) in [5, 5.41) is 13.2. The number of amides is 1. The first kappa shape index (κ1) is 17.8. The minimum atomic E-state index is -1.10. The lowest BCUT2D eigenvalue weighted by Gasteiger charge is -2.18. The van der Waals surface area contributed by atoms with Crippen molar-refractivity contribution in [3.8, 4) is 0 Å². The van der Waals surface area contributed by atoms with Crippen LogP contribution in [0.5, 0.6) is 0 Å². The number of halogens is 2. The summed E-state index contributed by atoms with van der Waals surface area (Å²) in [7, 11) is 0. The molecule has 1 fully saturated rings. The van der Waals surface area contributed by atoms with Crippen LogP contribution in [0.25, 0.3) is 0 Å². The van der Waals surface area contributed by atoms with Gasteiger partial charge in [0.15, 0.2) is 11.6 Å². The van der Waals surface area contributed by atoms with E-state index >= 15 is 0 Å². The second kappa shape index (κ2) is 7.07. The van der Waals surface area contributed by atoms with Gasteiger partial charge >= 0.3 is 0 Å². The number of nitro groups is 1. The van der Waals surface area contributed by atoms with Crippen LogP contribution in [0.4, 0.5) is 20.2 Å². The van der Waals surface area contributed by atoms with Crippen LogP contribution in [0, 0.1) is 28.7 Å². The van der Waals surface area contributed by atoms with Gasteiger partial charge in [-0.25, -0.2) is 8.78 Å². The molecule has 0 aromatic heterocycles. The smallest absolute Gasteiger partial charge is 0.275 e. The fourth-order valence-electron chi connectivity index (χ4n) is 2.92. The molecule has 0 spiro atoms. The molecule has 2 aromatic rings. The number of aryl methyl sites for hydroxylation is 1. The average Bonchev–Trinajstić information content (AvgIpc) is 2.93. The zero-order valence-corrected chi connectivity index (χ0v) is 14.0. The van der Waals surface area contributed by atoms with Crippen LogP contribution < -0.4 is 5.32 Å². The molecule has 3 rings (SSSR count). The standard InChI is InChI=1S/C18H17F2N3O3/c1-11-2-4-12(5-3-11)10-22-7-6-16(18(22)24)21-17-14(19)8-13(23(25)26)9-15(17)20/h2-5,8-9,16,21H,6-7,10H2,1H3. The largest absolute Gasteiger partial charge is 0.369 e. The van der Waals surface area contributed by atoms with Gasteiger partial charge in [0.2, 0.25) is 5.91 Å². The molecule has 1 aliphatic rings. The number of hydrogen-bond acceptors (Lipinski definition) is 4. The summed E-state index contributed by atoms with van der Waals surface area (Å²) >= 11 is 0. The van der Waals surface area contributed by atoms with Crippen molar-refractivity contribution in [2.75, 3.05) is 11.9 Å². The highest BCUT2D eigenvalue weighted by Gasteiger charge is 2.33. The summed E-state index contributed by atoms with van der Waals surface area (Å²) in [6.45, 7) is 2.85. The third kappa shape index (κ3) is 3.63. The molecule has 0 radical (unpaired) electrons. The Morgan fingerprint density at radius 2 is 1.85 bits per heavy atom. The highest BCUT2D eigenvalue weighted by Crippen LogP contribution is 2.27. The van der Waals surface area contributed by atoms with Crippen molar-refractivity contribution >= 4 is 17.3 Å². The Morgan fingerprint density at radius 3 is 2.42 bits per heavy atom. The van der Waals surface area contributed by atoms with Gasteiger partial charge in [-0.3, -0.25) is 14.9 Å². The minimum Gasteiger partial charge on any atom is -0.369 e. The number of nitrogens with one attached hydrogen (secondary N) is 1. The fourth-order valence-corrected chi connectivity index (χ4v) is 2.92. The highest BCUT2D eigenvalue weighted by atomic mass is 19.1. The summed E-state index contributed by atoms with van der Waals surface area (Å²) in [6.07, 6.45) is 0.389. The van der Waals surface area contributed by atoms with E-state index in [1.807, 2.05) is 31.2 Å². The summed E-state index contributed by atoms with van der Waals surface area (Å²) in [5.41, 5.74) is 0.887. The lowest BCUT2D eigenvalue weighted by molar-refractivity contribution is -0.385. The lowest BCUT2D eigenvalue weighted by atomic mass is 10.1. The molecule has 136 valence electrons. The van der Waals surface area contributed by atoms with Crippen molar-refractivity contribution in [1.82, 2.24) is 4.90 Å². The number of rotatable bonds is 5. The molecule has 1 saturated heterocycles. The Labute approximate surface area is 148 Å². The maximum atomic E-state index is 14.0. The first-order valence-electron chi connectivity index (χ1n) is 8.09. The molecular weight excluding hydrogens is 344 g/mol. The third-order valence-corrected chi connectivity index (χ3v) is 4.35. The number of carbonyl (C=O) groups excluding carboxylic acids is 1. The number of benzene rings is 2. The van der Waals surface area contributed by atoms with Crippen LogP contribution in [-0.4, -0.2) is 28.3 Å². The molecule has 1 aliphatic heterocycles. The summed E-state index contributed by atoms with van der Waals surface area (Å²) < 4.78 is 28.0. The molecule has 0 saturated carbocycles. The molecule has 6 nitrogen and oxygen atoms in total. The fraction of sp³-hybridized carbons (Fsp3) is 0.278. The van der Waals surface area contributed by atoms with Gasteiger partial charge in [-0.2, -0.15) is 0 Å². The van der Waals surface area contributed by atoms with Gasteiger partial charge in [0.25, 0.3) is 5.69 Å².